The number of benzene rings is 1. The van der Waals surface area contributed by atoms with Crippen molar-refractivity contribution in [2.75, 3.05) is 18.5 Å². The lowest BCUT2D eigenvalue weighted by molar-refractivity contribution is -0.383. The molecule has 1 aromatic carbocycles. The quantitative estimate of drug-likeness (QED) is 0.670. The highest BCUT2D eigenvalue weighted by molar-refractivity contribution is 5.98. The number of fused-ring (bicyclic) bond motifs is 1. The second-order valence-corrected chi connectivity index (χ2v) is 4.54. The van der Waals surface area contributed by atoms with Crippen LogP contribution in [-0.4, -0.2) is 29.4 Å². The molecule has 2 rings (SSSR count). The maximum Gasteiger partial charge on any atom is 0.295 e. The number of nitrogens with zero attached hydrogens (tertiary/aromatic N) is 3. The summed E-state index contributed by atoms with van der Waals surface area (Å²) >= 11 is 0. The number of pyridine rings is 1. The molecule has 0 aliphatic carbocycles. The summed E-state index contributed by atoms with van der Waals surface area (Å²) in [6.45, 7) is 1.78. The maximum atomic E-state index is 11.1. The minimum Gasteiger partial charge on any atom is -0.368 e. The zero-order chi connectivity index (χ0) is 14.9. The van der Waals surface area contributed by atoms with Gasteiger partial charge in [0.25, 0.3) is 5.69 Å². The number of hydrogen-bond acceptors (Lipinski definition) is 5. The third-order valence-corrected chi connectivity index (χ3v) is 2.93. The van der Waals surface area contributed by atoms with E-state index in [1.165, 1.54) is 6.07 Å². The van der Waals surface area contributed by atoms with Crippen molar-refractivity contribution < 1.29 is 9.72 Å². The molecule has 0 radical (unpaired) electrons. The number of hydrogen-bond donors (Lipinski definition) is 1. The van der Waals surface area contributed by atoms with E-state index in [1.807, 2.05) is 0 Å². The second kappa shape index (κ2) is 5.12. The van der Waals surface area contributed by atoms with Gasteiger partial charge in [-0.3, -0.25) is 14.9 Å². The first-order valence-corrected chi connectivity index (χ1v) is 5.94. The van der Waals surface area contributed by atoms with E-state index in [1.54, 1.807) is 37.1 Å². The van der Waals surface area contributed by atoms with E-state index in [2.05, 4.69) is 4.98 Å². The van der Waals surface area contributed by atoms with Crippen LogP contribution in [0.4, 0.5) is 11.4 Å². The summed E-state index contributed by atoms with van der Waals surface area (Å²) in [6.07, 6.45) is 0. The van der Waals surface area contributed by atoms with E-state index in [0.717, 1.165) is 0 Å². The molecule has 0 saturated heterocycles. The van der Waals surface area contributed by atoms with E-state index in [4.69, 9.17) is 5.73 Å². The first-order valence-electron chi connectivity index (χ1n) is 5.94. The number of aryl methyl sites for hydroxylation is 1. The van der Waals surface area contributed by atoms with Crippen LogP contribution in [-0.2, 0) is 4.79 Å². The molecule has 0 aliphatic heterocycles. The lowest BCUT2D eigenvalue weighted by Gasteiger charge is -2.19. The van der Waals surface area contributed by atoms with Gasteiger partial charge >= 0.3 is 0 Å². The number of non-ortho nitro benzene ring substituents is 1. The van der Waals surface area contributed by atoms with Crippen molar-refractivity contribution in [1.29, 1.82) is 0 Å². The van der Waals surface area contributed by atoms with Crippen molar-refractivity contribution in [2.24, 2.45) is 5.73 Å². The van der Waals surface area contributed by atoms with Crippen molar-refractivity contribution in [2.45, 2.75) is 6.92 Å². The molecule has 0 spiro atoms. The molecule has 0 atom stereocenters. The molecular weight excluding hydrogens is 260 g/mol. The van der Waals surface area contributed by atoms with Crippen LogP contribution in [0.15, 0.2) is 24.3 Å². The minimum atomic E-state index is -0.472. The van der Waals surface area contributed by atoms with Crippen LogP contribution in [0.2, 0.25) is 0 Å². The van der Waals surface area contributed by atoms with Crippen LogP contribution in [0.25, 0.3) is 10.9 Å². The standard InChI is InChI=1S/C13H14N4O3/c1-8-6-11(16(2)7-12(14)18)9-4-3-5-10(17(19)20)13(9)15-8/h3-6H,7H2,1-2H3,(H2,14,18). The molecule has 2 aromatic rings. The van der Waals surface area contributed by atoms with Crippen molar-refractivity contribution in [3.05, 3.63) is 40.1 Å². The largest absolute Gasteiger partial charge is 0.368 e. The van der Waals surface area contributed by atoms with Crippen molar-refractivity contribution in [3.8, 4) is 0 Å². The lowest BCUT2D eigenvalue weighted by Crippen LogP contribution is -2.30. The number of anilines is 1. The van der Waals surface area contributed by atoms with Crippen LogP contribution < -0.4 is 10.6 Å². The van der Waals surface area contributed by atoms with Gasteiger partial charge in [0.2, 0.25) is 5.91 Å². The highest BCUT2D eigenvalue weighted by atomic mass is 16.6. The van der Waals surface area contributed by atoms with Crippen LogP contribution >= 0.6 is 0 Å². The van der Waals surface area contributed by atoms with Gasteiger partial charge in [-0.05, 0) is 13.0 Å². The first-order chi connectivity index (χ1) is 9.40. The number of primary amides is 1. The topological polar surface area (TPSA) is 102 Å². The molecule has 7 nitrogen and oxygen atoms in total. The number of para-hydroxylation sites is 1. The van der Waals surface area contributed by atoms with E-state index in [0.29, 0.717) is 22.3 Å². The Hall–Kier alpha value is -2.70. The van der Waals surface area contributed by atoms with Gasteiger partial charge in [-0.25, -0.2) is 4.98 Å². The Kier molecular flexibility index (Phi) is 3.51. The summed E-state index contributed by atoms with van der Waals surface area (Å²) < 4.78 is 0. The summed E-state index contributed by atoms with van der Waals surface area (Å²) in [7, 11) is 1.71. The van der Waals surface area contributed by atoms with Crippen LogP contribution in [0.5, 0.6) is 0 Å². The van der Waals surface area contributed by atoms with Gasteiger partial charge < -0.3 is 10.6 Å². The van der Waals surface area contributed by atoms with Gasteiger partial charge in [0.05, 0.1) is 11.5 Å². The number of amides is 1. The van der Waals surface area contributed by atoms with Gasteiger partial charge in [0.1, 0.15) is 0 Å². The average molecular weight is 274 g/mol. The van der Waals surface area contributed by atoms with Gasteiger partial charge in [-0.15, -0.1) is 0 Å². The fraction of sp³-hybridized carbons (Fsp3) is 0.231. The van der Waals surface area contributed by atoms with E-state index in [-0.39, 0.29) is 12.2 Å². The molecule has 1 heterocycles. The Morgan fingerprint density at radius 2 is 2.20 bits per heavy atom. The lowest BCUT2D eigenvalue weighted by atomic mass is 10.1. The Morgan fingerprint density at radius 3 is 2.80 bits per heavy atom. The fourth-order valence-electron chi connectivity index (χ4n) is 2.12. The Bertz CT molecular complexity index is 699. The number of nitro groups is 1. The normalized spacial score (nSPS) is 10.5. The monoisotopic (exact) mass is 274 g/mol. The van der Waals surface area contributed by atoms with Crippen molar-refractivity contribution in [1.82, 2.24) is 4.98 Å². The van der Waals surface area contributed by atoms with Gasteiger partial charge in [0.15, 0.2) is 5.52 Å². The molecule has 1 amide bonds. The van der Waals surface area contributed by atoms with Gasteiger partial charge in [-0.1, -0.05) is 12.1 Å². The van der Waals surface area contributed by atoms with Crippen LogP contribution in [0.1, 0.15) is 5.69 Å². The molecule has 0 saturated carbocycles. The number of carbonyl (C=O) groups excluding carboxylic acids is 1. The zero-order valence-electron chi connectivity index (χ0n) is 11.2. The summed E-state index contributed by atoms with van der Waals surface area (Å²) in [5, 5.41) is 11.7. The zero-order valence-corrected chi connectivity index (χ0v) is 11.2. The Labute approximate surface area is 115 Å². The van der Waals surface area contributed by atoms with E-state index >= 15 is 0 Å². The highest BCUT2D eigenvalue weighted by Crippen LogP contribution is 2.31. The number of carbonyl (C=O) groups is 1. The van der Waals surface area contributed by atoms with Crippen LogP contribution in [0.3, 0.4) is 0 Å². The molecular formula is C13H14N4O3. The SMILES string of the molecule is Cc1cc(N(C)CC(N)=O)c2cccc([N+](=O)[O-])c2n1. The average Bonchev–Trinajstić information content (AvgIpc) is 2.35. The Balaban J connectivity index is 2.69. The molecule has 0 aliphatic rings. The third kappa shape index (κ3) is 2.51. The van der Waals surface area contributed by atoms with E-state index in [9.17, 15) is 14.9 Å². The summed E-state index contributed by atoms with van der Waals surface area (Å²) in [5.74, 6) is -0.472. The smallest absolute Gasteiger partial charge is 0.295 e. The summed E-state index contributed by atoms with van der Waals surface area (Å²) in [6, 6.07) is 6.52. The Morgan fingerprint density at radius 1 is 1.50 bits per heavy atom. The predicted octanol–water partition coefficient (Wildman–Crippen LogP) is 1.37. The number of nitrogens with two attached hydrogens (primary N) is 1. The number of rotatable bonds is 4. The summed E-state index contributed by atoms with van der Waals surface area (Å²) in [4.78, 5) is 27.5. The van der Waals surface area contributed by atoms with Gasteiger partial charge in [0, 0.05) is 29.9 Å². The maximum absolute atomic E-state index is 11.1. The minimum absolute atomic E-state index is 0.0290. The second-order valence-electron chi connectivity index (χ2n) is 4.54. The van der Waals surface area contributed by atoms with Crippen LogP contribution in [0, 0.1) is 17.0 Å². The predicted molar refractivity (Wildman–Crippen MR) is 75.6 cm³/mol. The molecule has 0 fully saturated rings. The molecule has 1 aromatic heterocycles. The fourth-order valence-corrected chi connectivity index (χ4v) is 2.12. The molecule has 104 valence electrons. The summed E-state index contributed by atoms with van der Waals surface area (Å²) in [5.41, 5.74) is 6.77. The van der Waals surface area contributed by atoms with E-state index < -0.39 is 10.8 Å². The van der Waals surface area contributed by atoms with Crippen molar-refractivity contribution >= 4 is 28.2 Å². The molecule has 20 heavy (non-hydrogen) atoms. The highest BCUT2D eigenvalue weighted by Gasteiger charge is 2.17. The first kappa shape index (κ1) is 13.7. The van der Waals surface area contributed by atoms with Crippen molar-refractivity contribution in [3.63, 3.8) is 0 Å². The molecule has 0 bridgehead atoms. The number of aromatic nitrogens is 1. The molecule has 7 heteroatoms. The van der Waals surface area contributed by atoms with Gasteiger partial charge in [-0.2, -0.15) is 0 Å². The molecule has 0 unspecified atom stereocenters. The number of likely N-dealkylation sites (N-methyl/N-ethyl adjacent to an activating group) is 1. The molecule has 2 N–H and O–H groups in total. The number of nitro benzene ring substituents is 1. The third-order valence-electron chi connectivity index (χ3n) is 2.93.